The van der Waals surface area contributed by atoms with Gasteiger partial charge in [0.2, 0.25) is 0 Å². The molecule has 3 N–H and O–H groups in total. The third kappa shape index (κ3) is 3.74. The molecule has 0 amide bonds. The Morgan fingerprint density at radius 2 is 1.33 bits per heavy atom. The van der Waals surface area contributed by atoms with E-state index >= 15 is 0 Å². The fourth-order valence-electron chi connectivity index (χ4n) is 3.73. The molecule has 4 nitrogen and oxygen atoms in total. The van der Waals surface area contributed by atoms with E-state index in [1.165, 1.54) is 0 Å². The number of aromatic hydroxyl groups is 3. The second-order valence-corrected chi connectivity index (χ2v) is 7.61. The lowest BCUT2D eigenvalue weighted by atomic mass is 10.0. The molecule has 0 radical (unpaired) electrons. The number of halogens is 1. The molecule has 0 saturated carbocycles. The van der Waals surface area contributed by atoms with Crippen molar-refractivity contribution in [1.82, 2.24) is 4.57 Å². The number of hydrogen-bond donors (Lipinski definition) is 3. The molecular weight excluding hydrogens is 398 g/mol. The van der Waals surface area contributed by atoms with Crippen LogP contribution in [0, 0.1) is 0 Å². The quantitative estimate of drug-likeness (QED) is 0.344. The topological polar surface area (TPSA) is 65.6 Å². The van der Waals surface area contributed by atoms with Crippen LogP contribution in [0.1, 0.15) is 19.0 Å². The Hall–Kier alpha value is -3.37. The summed E-state index contributed by atoms with van der Waals surface area (Å²) in [5, 5.41) is 29.8. The van der Waals surface area contributed by atoms with Crippen molar-refractivity contribution >= 4 is 11.6 Å². The monoisotopic (exact) mass is 419 g/mol. The zero-order valence-electron chi connectivity index (χ0n) is 16.5. The van der Waals surface area contributed by atoms with Crippen LogP contribution in [0.15, 0.2) is 72.8 Å². The Labute approximate surface area is 180 Å². The van der Waals surface area contributed by atoms with Crippen LogP contribution in [-0.4, -0.2) is 19.9 Å². The second kappa shape index (κ2) is 8.17. The van der Waals surface area contributed by atoms with Crippen molar-refractivity contribution in [2.75, 3.05) is 0 Å². The first kappa shape index (κ1) is 19.9. The minimum atomic E-state index is 0.123. The molecule has 30 heavy (non-hydrogen) atoms. The molecular formula is C25H22ClNO3. The van der Waals surface area contributed by atoms with Crippen molar-refractivity contribution < 1.29 is 15.3 Å². The Kier molecular flexibility index (Phi) is 5.42. The molecule has 1 aromatic heterocycles. The summed E-state index contributed by atoms with van der Waals surface area (Å²) in [7, 11) is 0. The van der Waals surface area contributed by atoms with Gasteiger partial charge in [-0.15, -0.1) is 0 Å². The van der Waals surface area contributed by atoms with Crippen LogP contribution in [0.25, 0.3) is 28.1 Å². The van der Waals surface area contributed by atoms with Crippen LogP contribution in [0.3, 0.4) is 0 Å². The summed E-state index contributed by atoms with van der Waals surface area (Å²) in [6.45, 7) is 2.12. The maximum absolute atomic E-state index is 9.79. The number of benzene rings is 3. The maximum atomic E-state index is 9.79. The van der Waals surface area contributed by atoms with Gasteiger partial charge in [0.15, 0.2) is 0 Å². The molecule has 0 fully saturated rings. The number of hydrogen-bond acceptors (Lipinski definition) is 3. The van der Waals surface area contributed by atoms with Gasteiger partial charge < -0.3 is 19.9 Å². The fraction of sp³-hybridized carbons (Fsp3) is 0.120. The summed E-state index contributed by atoms with van der Waals surface area (Å²) in [5.41, 5.74) is 5.72. The van der Waals surface area contributed by atoms with Crippen LogP contribution in [0.5, 0.6) is 17.2 Å². The van der Waals surface area contributed by atoms with Gasteiger partial charge in [-0.25, -0.2) is 0 Å². The third-order valence-electron chi connectivity index (χ3n) is 5.10. The largest absolute Gasteiger partial charge is 0.508 e. The standard InChI is InChI=1S/C25H22ClNO3/c1-2-3-24-22(21-13-12-20(30)14-23(21)26)15-25(16-4-8-18(28)9-5-16)27(24)17-6-10-19(29)11-7-17/h4-15,28-30H,2-3H2,1H3. The van der Waals surface area contributed by atoms with Crippen molar-refractivity contribution in [3.63, 3.8) is 0 Å². The average Bonchev–Trinajstić information content (AvgIpc) is 3.08. The molecule has 4 rings (SSSR count). The molecule has 0 spiro atoms. The third-order valence-corrected chi connectivity index (χ3v) is 5.42. The molecule has 0 aliphatic carbocycles. The minimum Gasteiger partial charge on any atom is -0.508 e. The molecule has 0 unspecified atom stereocenters. The van der Waals surface area contributed by atoms with Gasteiger partial charge in [0.25, 0.3) is 0 Å². The molecule has 0 atom stereocenters. The van der Waals surface area contributed by atoms with E-state index in [1.54, 1.807) is 36.4 Å². The molecule has 0 bridgehead atoms. The summed E-state index contributed by atoms with van der Waals surface area (Å²) in [6.07, 6.45) is 1.74. The molecule has 0 saturated heterocycles. The van der Waals surface area contributed by atoms with E-state index in [0.717, 1.165) is 46.6 Å². The Morgan fingerprint density at radius 3 is 1.93 bits per heavy atom. The van der Waals surface area contributed by atoms with Gasteiger partial charge in [-0.1, -0.05) is 24.9 Å². The summed E-state index contributed by atoms with van der Waals surface area (Å²) >= 11 is 6.50. The summed E-state index contributed by atoms with van der Waals surface area (Å²) in [5.74, 6) is 0.533. The number of rotatable bonds is 5. The van der Waals surface area contributed by atoms with Gasteiger partial charge in [0, 0.05) is 22.5 Å². The highest BCUT2D eigenvalue weighted by Crippen LogP contribution is 2.40. The van der Waals surface area contributed by atoms with Crippen molar-refractivity contribution in [3.05, 3.63) is 83.5 Å². The Morgan fingerprint density at radius 1 is 0.733 bits per heavy atom. The first-order valence-electron chi connectivity index (χ1n) is 9.80. The van der Waals surface area contributed by atoms with Crippen molar-refractivity contribution in [2.45, 2.75) is 19.8 Å². The Bertz CT molecular complexity index is 1180. The predicted molar refractivity (Wildman–Crippen MR) is 121 cm³/mol. The fourth-order valence-corrected chi connectivity index (χ4v) is 4.01. The number of aromatic nitrogens is 1. The van der Waals surface area contributed by atoms with Crippen LogP contribution < -0.4 is 0 Å². The van der Waals surface area contributed by atoms with Crippen LogP contribution in [0.4, 0.5) is 0 Å². The predicted octanol–water partition coefficient (Wildman–Crippen LogP) is 6.53. The van der Waals surface area contributed by atoms with Crippen molar-refractivity contribution in [1.29, 1.82) is 0 Å². The zero-order valence-corrected chi connectivity index (χ0v) is 17.3. The van der Waals surface area contributed by atoms with Gasteiger partial charge in [-0.05, 0) is 84.8 Å². The molecule has 0 aliphatic rings. The van der Waals surface area contributed by atoms with Crippen LogP contribution in [-0.2, 0) is 6.42 Å². The lowest BCUT2D eigenvalue weighted by molar-refractivity contribution is 0.474. The first-order valence-corrected chi connectivity index (χ1v) is 10.2. The van der Waals surface area contributed by atoms with Crippen molar-refractivity contribution in [2.24, 2.45) is 0 Å². The molecule has 1 heterocycles. The SMILES string of the molecule is CCCc1c(-c2ccc(O)cc2Cl)cc(-c2ccc(O)cc2)n1-c1ccc(O)cc1. The highest BCUT2D eigenvalue weighted by atomic mass is 35.5. The molecule has 4 aromatic rings. The lowest BCUT2D eigenvalue weighted by Gasteiger charge is -2.15. The lowest BCUT2D eigenvalue weighted by Crippen LogP contribution is -2.03. The van der Waals surface area contributed by atoms with Gasteiger partial charge in [-0.2, -0.15) is 0 Å². The Balaban J connectivity index is 2.03. The van der Waals surface area contributed by atoms with Gasteiger partial charge >= 0.3 is 0 Å². The summed E-state index contributed by atoms with van der Waals surface area (Å²) in [4.78, 5) is 0. The van der Waals surface area contributed by atoms with Gasteiger partial charge in [0.05, 0.1) is 10.7 Å². The highest BCUT2D eigenvalue weighted by Gasteiger charge is 2.20. The van der Waals surface area contributed by atoms with E-state index in [9.17, 15) is 15.3 Å². The van der Waals surface area contributed by atoms with E-state index in [4.69, 9.17) is 11.6 Å². The highest BCUT2D eigenvalue weighted by molar-refractivity contribution is 6.33. The molecule has 152 valence electrons. The van der Waals surface area contributed by atoms with E-state index in [1.807, 2.05) is 30.3 Å². The zero-order chi connectivity index (χ0) is 21.3. The van der Waals surface area contributed by atoms with E-state index in [-0.39, 0.29) is 17.2 Å². The normalized spacial score (nSPS) is 11.0. The van der Waals surface area contributed by atoms with Crippen molar-refractivity contribution in [3.8, 4) is 45.3 Å². The summed E-state index contributed by atoms with van der Waals surface area (Å²) in [6, 6.07) is 21.3. The van der Waals surface area contributed by atoms with Gasteiger partial charge in [0.1, 0.15) is 17.2 Å². The molecule has 3 aromatic carbocycles. The summed E-state index contributed by atoms with van der Waals surface area (Å²) < 4.78 is 2.16. The van der Waals surface area contributed by atoms with Crippen LogP contribution >= 0.6 is 11.6 Å². The second-order valence-electron chi connectivity index (χ2n) is 7.20. The van der Waals surface area contributed by atoms with Crippen LogP contribution in [0.2, 0.25) is 5.02 Å². The molecule has 5 heteroatoms. The molecule has 0 aliphatic heterocycles. The minimum absolute atomic E-state index is 0.123. The maximum Gasteiger partial charge on any atom is 0.117 e. The van der Waals surface area contributed by atoms with Gasteiger partial charge in [-0.3, -0.25) is 0 Å². The van der Waals surface area contributed by atoms with E-state index < -0.39 is 0 Å². The number of phenols is 3. The number of phenolic OH excluding ortho intramolecular Hbond substituents is 3. The average molecular weight is 420 g/mol. The smallest absolute Gasteiger partial charge is 0.117 e. The van der Waals surface area contributed by atoms with E-state index in [2.05, 4.69) is 17.6 Å². The number of nitrogens with zero attached hydrogens (tertiary/aromatic N) is 1. The first-order chi connectivity index (χ1) is 14.5. The van der Waals surface area contributed by atoms with E-state index in [0.29, 0.717) is 5.02 Å².